The number of rotatable bonds is 1. The van der Waals surface area contributed by atoms with Crippen LogP contribution in [0.5, 0.6) is 0 Å². The van der Waals surface area contributed by atoms with Crippen LogP contribution in [0.3, 0.4) is 0 Å². The second kappa shape index (κ2) is 3.46. The van der Waals surface area contributed by atoms with Gasteiger partial charge in [-0.2, -0.15) is 4.39 Å². The van der Waals surface area contributed by atoms with Gasteiger partial charge in [0, 0.05) is 0 Å². The predicted molar refractivity (Wildman–Crippen MR) is 46.3 cm³/mol. The summed E-state index contributed by atoms with van der Waals surface area (Å²) in [5.41, 5.74) is 4.63. The summed E-state index contributed by atoms with van der Waals surface area (Å²) in [7, 11) is 0. The number of pyridine rings is 1. The van der Waals surface area contributed by atoms with Crippen molar-refractivity contribution in [1.29, 1.82) is 0 Å². The molecule has 0 spiro atoms. The predicted octanol–water partition coefficient (Wildman–Crippen LogP) is 2.35. The van der Waals surface area contributed by atoms with Crippen LogP contribution in [0.15, 0.2) is 6.07 Å². The molecular formula is C6H4F3IN2. The highest BCUT2D eigenvalue weighted by molar-refractivity contribution is 14.1. The molecular weight excluding hydrogens is 284 g/mol. The van der Waals surface area contributed by atoms with E-state index in [2.05, 4.69) is 4.98 Å². The topological polar surface area (TPSA) is 38.9 Å². The first-order valence-electron chi connectivity index (χ1n) is 2.92. The largest absolute Gasteiger partial charge is 0.383 e. The molecule has 0 aliphatic rings. The van der Waals surface area contributed by atoms with Crippen LogP contribution in [0.1, 0.15) is 12.0 Å². The standard InChI is InChI=1S/C6H4F3IN2/c7-4(8)2-1-3(10)5(9)12-6(2)11/h1,4H,(H2,11,12). The maximum Gasteiger partial charge on any atom is 0.267 e. The van der Waals surface area contributed by atoms with Gasteiger partial charge in [0.1, 0.15) is 5.82 Å². The Kier molecular flexibility index (Phi) is 2.76. The molecule has 0 unspecified atom stereocenters. The third kappa shape index (κ3) is 1.79. The molecule has 0 saturated heterocycles. The highest BCUT2D eigenvalue weighted by Crippen LogP contribution is 2.25. The van der Waals surface area contributed by atoms with Crippen molar-refractivity contribution >= 4 is 28.4 Å². The van der Waals surface area contributed by atoms with E-state index in [4.69, 9.17) is 5.73 Å². The van der Waals surface area contributed by atoms with Crippen LogP contribution in [-0.2, 0) is 0 Å². The Morgan fingerprint density at radius 2 is 2.08 bits per heavy atom. The smallest absolute Gasteiger partial charge is 0.267 e. The van der Waals surface area contributed by atoms with E-state index in [0.717, 1.165) is 6.07 Å². The lowest BCUT2D eigenvalue weighted by Crippen LogP contribution is -2.02. The van der Waals surface area contributed by atoms with E-state index in [9.17, 15) is 13.2 Å². The summed E-state index contributed by atoms with van der Waals surface area (Å²) >= 11 is 1.57. The fourth-order valence-electron chi connectivity index (χ4n) is 0.669. The van der Waals surface area contributed by atoms with Gasteiger partial charge in [-0.1, -0.05) is 0 Å². The molecule has 66 valence electrons. The van der Waals surface area contributed by atoms with Crippen molar-refractivity contribution in [3.63, 3.8) is 0 Å². The van der Waals surface area contributed by atoms with E-state index in [1.807, 2.05) is 0 Å². The summed E-state index contributed by atoms with van der Waals surface area (Å²) in [5.74, 6) is -1.28. The quantitative estimate of drug-likeness (QED) is 0.636. The number of halogens is 4. The van der Waals surface area contributed by atoms with Gasteiger partial charge in [0.2, 0.25) is 5.95 Å². The Labute approximate surface area is 80.1 Å². The zero-order valence-electron chi connectivity index (χ0n) is 5.69. The van der Waals surface area contributed by atoms with Crippen molar-refractivity contribution in [1.82, 2.24) is 4.98 Å². The van der Waals surface area contributed by atoms with Crippen LogP contribution < -0.4 is 5.73 Å². The van der Waals surface area contributed by atoms with E-state index in [1.165, 1.54) is 0 Å². The number of nitrogens with two attached hydrogens (primary N) is 1. The summed E-state index contributed by atoms with van der Waals surface area (Å²) in [6, 6.07) is 0.989. The summed E-state index contributed by atoms with van der Waals surface area (Å²) in [6.07, 6.45) is -2.72. The lowest BCUT2D eigenvalue weighted by Gasteiger charge is -2.03. The molecule has 0 radical (unpaired) electrons. The zero-order chi connectivity index (χ0) is 9.30. The summed E-state index contributed by atoms with van der Waals surface area (Å²) in [5, 5.41) is 0. The highest BCUT2D eigenvalue weighted by Gasteiger charge is 2.15. The highest BCUT2D eigenvalue weighted by atomic mass is 127. The molecule has 0 atom stereocenters. The van der Waals surface area contributed by atoms with E-state index in [1.54, 1.807) is 22.6 Å². The average Bonchev–Trinajstić information content (AvgIpc) is 1.96. The SMILES string of the molecule is Nc1nc(F)c(I)cc1C(F)F. The Balaban J connectivity index is 3.23. The third-order valence-electron chi connectivity index (χ3n) is 1.23. The van der Waals surface area contributed by atoms with Crippen LogP contribution in [0.2, 0.25) is 0 Å². The molecule has 2 N–H and O–H groups in total. The van der Waals surface area contributed by atoms with Crippen LogP contribution >= 0.6 is 22.6 Å². The van der Waals surface area contributed by atoms with E-state index in [0.29, 0.717) is 0 Å². The zero-order valence-corrected chi connectivity index (χ0v) is 7.85. The molecule has 12 heavy (non-hydrogen) atoms. The Hall–Kier alpha value is -0.530. The van der Waals surface area contributed by atoms with Crippen molar-refractivity contribution < 1.29 is 13.2 Å². The molecule has 1 heterocycles. The maximum atomic E-state index is 12.6. The van der Waals surface area contributed by atoms with Gasteiger partial charge < -0.3 is 5.73 Å². The van der Waals surface area contributed by atoms with Gasteiger partial charge >= 0.3 is 0 Å². The molecule has 2 nitrogen and oxygen atoms in total. The van der Waals surface area contributed by atoms with Crippen molar-refractivity contribution in [3.8, 4) is 0 Å². The summed E-state index contributed by atoms with van der Waals surface area (Å²) in [4.78, 5) is 3.12. The second-order valence-electron chi connectivity index (χ2n) is 2.04. The number of aromatic nitrogens is 1. The minimum Gasteiger partial charge on any atom is -0.383 e. The van der Waals surface area contributed by atoms with Gasteiger partial charge in [-0.05, 0) is 28.7 Å². The first-order valence-corrected chi connectivity index (χ1v) is 4.00. The van der Waals surface area contributed by atoms with Gasteiger partial charge in [-0.3, -0.25) is 0 Å². The average molecular weight is 288 g/mol. The number of nitrogens with zero attached hydrogens (tertiary/aromatic N) is 1. The molecule has 6 heteroatoms. The maximum absolute atomic E-state index is 12.6. The number of hydrogen-bond donors (Lipinski definition) is 1. The van der Waals surface area contributed by atoms with Crippen molar-refractivity contribution in [2.75, 3.05) is 5.73 Å². The monoisotopic (exact) mass is 288 g/mol. The van der Waals surface area contributed by atoms with Crippen LogP contribution in [0.4, 0.5) is 19.0 Å². The van der Waals surface area contributed by atoms with Crippen LogP contribution in [0.25, 0.3) is 0 Å². The fourth-order valence-corrected chi connectivity index (χ4v) is 1.12. The fraction of sp³-hybridized carbons (Fsp3) is 0.167. The van der Waals surface area contributed by atoms with Gasteiger partial charge in [-0.15, -0.1) is 0 Å². The first-order chi connectivity index (χ1) is 5.52. The van der Waals surface area contributed by atoms with E-state index in [-0.39, 0.29) is 3.57 Å². The molecule has 1 rings (SSSR count). The molecule has 0 bridgehead atoms. The molecule has 0 saturated carbocycles. The lowest BCUT2D eigenvalue weighted by atomic mass is 10.3. The van der Waals surface area contributed by atoms with Crippen molar-refractivity contribution in [3.05, 3.63) is 21.1 Å². The molecule has 0 aliphatic carbocycles. The normalized spacial score (nSPS) is 10.8. The number of hydrogen-bond acceptors (Lipinski definition) is 2. The lowest BCUT2D eigenvalue weighted by molar-refractivity contribution is 0.151. The Bertz CT molecular complexity index is 303. The van der Waals surface area contributed by atoms with E-state index < -0.39 is 23.8 Å². The minimum absolute atomic E-state index is 0.0390. The van der Waals surface area contributed by atoms with Crippen LogP contribution in [-0.4, -0.2) is 4.98 Å². The summed E-state index contributed by atoms with van der Waals surface area (Å²) in [6.45, 7) is 0. The number of nitrogen functional groups attached to an aromatic ring is 1. The second-order valence-corrected chi connectivity index (χ2v) is 3.20. The van der Waals surface area contributed by atoms with Gasteiger partial charge in [-0.25, -0.2) is 13.8 Å². The van der Waals surface area contributed by atoms with Crippen LogP contribution in [0, 0.1) is 9.52 Å². The van der Waals surface area contributed by atoms with Gasteiger partial charge in [0.25, 0.3) is 6.43 Å². The minimum atomic E-state index is -2.72. The Morgan fingerprint density at radius 3 is 2.58 bits per heavy atom. The molecule has 0 aromatic carbocycles. The molecule has 1 aromatic rings. The van der Waals surface area contributed by atoms with Gasteiger partial charge in [0.05, 0.1) is 9.13 Å². The van der Waals surface area contributed by atoms with Crippen molar-refractivity contribution in [2.24, 2.45) is 0 Å². The molecule has 0 aliphatic heterocycles. The Morgan fingerprint density at radius 1 is 1.50 bits per heavy atom. The van der Waals surface area contributed by atoms with Gasteiger partial charge in [0.15, 0.2) is 0 Å². The van der Waals surface area contributed by atoms with E-state index >= 15 is 0 Å². The molecule has 0 amide bonds. The third-order valence-corrected chi connectivity index (χ3v) is 1.99. The number of anilines is 1. The van der Waals surface area contributed by atoms with Crippen molar-refractivity contribution in [2.45, 2.75) is 6.43 Å². The molecule has 0 fully saturated rings. The first kappa shape index (κ1) is 9.56. The molecule has 1 aromatic heterocycles. The number of alkyl halides is 2. The summed E-state index contributed by atoms with van der Waals surface area (Å²) < 4.78 is 36.8.